The van der Waals surface area contributed by atoms with Crippen molar-refractivity contribution in [3.8, 4) is 0 Å². The fourth-order valence-electron chi connectivity index (χ4n) is 5.80. The van der Waals surface area contributed by atoms with Gasteiger partial charge >= 0.3 is 5.97 Å². The van der Waals surface area contributed by atoms with Crippen molar-refractivity contribution in [1.82, 2.24) is 4.98 Å². The van der Waals surface area contributed by atoms with Crippen LogP contribution < -0.4 is 11.5 Å². The molecule has 3 unspecified atom stereocenters. The van der Waals surface area contributed by atoms with Crippen LogP contribution in [0, 0.1) is 24.7 Å². The van der Waals surface area contributed by atoms with Crippen molar-refractivity contribution in [2.45, 2.75) is 54.1 Å². The third kappa shape index (κ3) is 7.94. The summed E-state index contributed by atoms with van der Waals surface area (Å²) in [5.74, 6) is -0.200. The van der Waals surface area contributed by atoms with E-state index in [1.165, 1.54) is 0 Å². The van der Waals surface area contributed by atoms with Crippen LogP contribution in [0.2, 0.25) is 0 Å². The second-order valence-electron chi connectivity index (χ2n) is 11.9. The van der Waals surface area contributed by atoms with Gasteiger partial charge in [-0.3, -0.25) is 19.8 Å². The van der Waals surface area contributed by atoms with E-state index in [0.29, 0.717) is 23.6 Å². The van der Waals surface area contributed by atoms with Crippen molar-refractivity contribution >= 4 is 40.5 Å². The molecule has 8 heteroatoms. The fraction of sp³-hybridized carbons (Fsp3) is 0.351. The van der Waals surface area contributed by atoms with E-state index in [-0.39, 0.29) is 30.3 Å². The number of carbonyl (C=O) groups is 1. The summed E-state index contributed by atoms with van der Waals surface area (Å²) < 4.78 is 5.26. The number of aliphatic hydroxyl groups excluding tert-OH is 1. The maximum absolute atomic E-state index is 12.4. The van der Waals surface area contributed by atoms with E-state index in [1.54, 1.807) is 6.21 Å². The molecule has 3 atom stereocenters. The lowest BCUT2D eigenvalue weighted by atomic mass is 9.91. The van der Waals surface area contributed by atoms with Crippen LogP contribution in [0.25, 0.3) is 11.3 Å². The van der Waals surface area contributed by atoms with E-state index in [0.717, 1.165) is 51.5 Å². The lowest BCUT2D eigenvalue weighted by molar-refractivity contribution is -0.147. The number of aryl methyl sites for hydroxylation is 1. The highest BCUT2D eigenvalue weighted by atomic mass is 16.5. The first-order valence-electron chi connectivity index (χ1n) is 15.5. The van der Waals surface area contributed by atoms with Crippen molar-refractivity contribution in [1.29, 1.82) is 0 Å². The first kappa shape index (κ1) is 33.3. The number of allylic oxidation sites excluding steroid dienone is 2. The highest BCUT2D eigenvalue weighted by Gasteiger charge is 2.31. The Bertz CT molecular complexity index is 1640. The number of hydrogen-bond donors (Lipinski definition) is 3. The Labute approximate surface area is 266 Å². The maximum atomic E-state index is 12.4. The van der Waals surface area contributed by atoms with Crippen LogP contribution in [0.3, 0.4) is 0 Å². The molecule has 0 aliphatic heterocycles. The van der Waals surface area contributed by atoms with Gasteiger partial charge in [0, 0.05) is 34.4 Å². The quantitative estimate of drug-likeness (QED) is 0.124. The number of rotatable bonds is 11. The number of nitrogens with zero attached hydrogens (tertiary/aromatic N) is 3. The molecule has 1 aliphatic carbocycles. The lowest BCUT2D eigenvalue weighted by Crippen LogP contribution is -2.19. The molecule has 1 aliphatic rings. The summed E-state index contributed by atoms with van der Waals surface area (Å²) >= 11 is 0. The van der Waals surface area contributed by atoms with Gasteiger partial charge in [-0.25, -0.2) is 0 Å². The zero-order valence-corrected chi connectivity index (χ0v) is 27.1. The molecule has 4 rings (SSSR count). The zero-order chi connectivity index (χ0) is 32.7. The third-order valence-corrected chi connectivity index (χ3v) is 8.14. The number of benzene rings is 2. The SMILES string of the molecule is CCOC(=O)C1C=C(c2ccc(N=C(C)/C(=C(\N)c3cccc(N)c3C=NCC(O)c3ccccc3)C(C)C)c(C)n2)CC1C. The minimum absolute atomic E-state index is 0.0670. The molecule has 0 amide bonds. The van der Waals surface area contributed by atoms with Crippen LogP contribution in [0.1, 0.15) is 75.2 Å². The summed E-state index contributed by atoms with van der Waals surface area (Å²) in [4.78, 5) is 26.7. The normalized spacial score (nSPS) is 18.2. The number of aliphatic hydroxyl groups is 1. The standard InChI is InChI=1S/C37H45N5O3/c1-7-45-37(44)29-19-27(18-23(29)4)33-17-16-32(24(5)41-33)42-25(6)35(22(2)3)36(39)28-14-11-15-31(38)30(28)20-40-21-34(43)26-12-9-8-10-13-26/h8-17,19-20,22-23,29,34,43H,7,18,21,38-39H2,1-6H3/b36-35-,40-20?,42-25?. The number of nitrogens with two attached hydrogens (primary N) is 2. The van der Waals surface area contributed by atoms with Gasteiger partial charge in [-0.05, 0) is 73.9 Å². The molecular formula is C37H45N5O3. The highest BCUT2D eigenvalue weighted by molar-refractivity contribution is 6.07. The van der Waals surface area contributed by atoms with Gasteiger partial charge in [-0.2, -0.15) is 0 Å². The van der Waals surface area contributed by atoms with Gasteiger partial charge in [-0.15, -0.1) is 0 Å². The average molecular weight is 608 g/mol. The molecule has 0 bridgehead atoms. The number of anilines is 1. The number of esters is 1. The molecule has 1 heterocycles. The number of aliphatic imine (C=N–C) groups is 2. The second-order valence-corrected chi connectivity index (χ2v) is 11.9. The Morgan fingerprint density at radius 3 is 2.53 bits per heavy atom. The number of ether oxygens (including phenoxy) is 1. The van der Waals surface area contributed by atoms with Crippen LogP contribution in [-0.4, -0.2) is 41.1 Å². The molecule has 45 heavy (non-hydrogen) atoms. The first-order valence-corrected chi connectivity index (χ1v) is 15.5. The maximum Gasteiger partial charge on any atom is 0.313 e. The van der Waals surface area contributed by atoms with Crippen molar-refractivity contribution in [3.63, 3.8) is 0 Å². The molecule has 8 nitrogen and oxygen atoms in total. The predicted octanol–water partition coefficient (Wildman–Crippen LogP) is 6.85. The van der Waals surface area contributed by atoms with E-state index in [9.17, 15) is 9.90 Å². The molecule has 1 aromatic heterocycles. The van der Waals surface area contributed by atoms with Gasteiger partial charge in [0.15, 0.2) is 0 Å². The zero-order valence-electron chi connectivity index (χ0n) is 27.1. The van der Waals surface area contributed by atoms with Crippen molar-refractivity contribution < 1.29 is 14.6 Å². The summed E-state index contributed by atoms with van der Waals surface area (Å²) in [7, 11) is 0. The minimum atomic E-state index is -0.722. The Hall–Kier alpha value is -4.56. The van der Waals surface area contributed by atoms with E-state index in [4.69, 9.17) is 26.2 Å². The predicted molar refractivity (Wildman–Crippen MR) is 184 cm³/mol. The largest absolute Gasteiger partial charge is 0.466 e. The Balaban J connectivity index is 1.63. The number of aromatic nitrogens is 1. The summed E-state index contributed by atoms with van der Waals surface area (Å²) in [6, 6.07) is 19.0. The van der Waals surface area contributed by atoms with Gasteiger partial charge in [0.05, 0.1) is 42.2 Å². The Kier molecular flexibility index (Phi) is 11.1. The van der Waals surface area contributed by atoms with E-state index in [2.05, 4.69) is 25.8 Å². The van der Waals surface area contributed by atoms with E-state index >= 15 is 0 Å². The first-order chi connectivity index (χ1) is 21.5. The van der Waals surface area contributed by atoms with E-state index < -0.39 is 6.10 Å². The number of pyridine rings is 1. The molecule has 0 spiro atoms. The molecular weight excluding hydrogens is 562 g/mol. The molecule has 2 aromatic carbocycles. The molecule has 5 N–H and O–H groups in total. The second kappa shape index (κ2) is 14.9. The van der Waals surface area contributed by atoms with Crippen molar-refractivity contribution in [3.05, 3.63) is 100 Å². The lowest BCUT2D eigenvalue weighted by Gasteiger charge is -2.18. The molecule has 0 saturated carbocycles. The Morgan fingerprint density at radius 1 is 1.13 bits per heavy atom. The van der Waals surface area contributed by atoms with Gasteiger partial charge in [0.25, 0.3) is 0 Å². The van der Waals surface area contributed by atoms with Gasteiger partial charge in [0.1, 0.15) is 0 Å². The number of nitrogen functional groups attached to an aromatic ring is 1. The average Bonchev–Trinajstić information content (AvgIpc) is 3.40. The van der Waals surface area contributed by atoms with Crippen molar-refractivity contribution in [2.24, 2.45) is 33.5 Å². The van der Waals surface area contributed by atoms with Crippen molar-refractivity contribution in [2.75, 3.05) is 18.9 Å². The van der Waals surface area contributed by atoms with Crippen LogP contribution in [0.4, 0.5) is 11.4 Å². The number of carbonyl (C=O) groups excluding carboxylic acids is 1. The third-order valence-electron chi connectivity index (χ3n) is 8.14. The van der Waals surface area contributed by atoms with Crippen LogP contribution in [0.15, 0.2) is 82.3 Å². The fourth-order valence-corrected chi connectivity index (χ4v) is 5.80. The number of hydrogen-bond acceptors (Lipinski definition) is 8. The van der Waals surface area contributed by atoms with Crippen LogP contribution in [0.5, 0.6) is 0 Å². The van der Waals surface area contributed by atoms with Gasteiger partial charge in [-0.1, -0.05) is 69.3 Å². The summed E-state index contributed by atoms with van der Waals surface area (Å²) in [6.45, 7) is 12.5. The molecule has 0 radical (unpaired) electrons. The van der Waals surface area contributed by atoms with Crippen LogP contribution in [-0.2, 0) is 9.53 Å². The summed E-state index contributed by atoms with van der Waals surface area (Å²) in [6.07, 6.45) is 3.73. The molecule has 236 valence electrons. The highest BCUT2D eigenvalue weighted by Crippen LogP contribution is 2.37. The minimum Gasteiger partial charge on any atom is -0.466 e. The van der Waals surface area contributed by atoms with Gasteiger partial charge < -0.3 is 21.3 Å². The topological polar surface area (TPSA) is 136 Å². The molecule has 0 saturated heterocycles. The van der Waals surface area contributed by atoms with E-state index in [1.807, 2.05) is 87.5 Å². The van der Waals surface area contributed by atoms with Gasteiger partial charge in [0.2, 0.25) is 0 Å². The molecule has 0 fully saturated rings. The molecule has 3 aromatic rings. The summed E-state index contributed by atoms with van der Waals surface area (Å²) in [5.41, 5.74) is 21.8. The summed E-state index contributed by atoms with van der Waals surface area (Å²) in [5, 5.41) is 10.6. The monoisotopic (exact) mass is 607 g/mol. The Morgan fingerprint density at radius 2 is 1.87 bits per heavy atom. The van der Waals surface area contributed by atoms with Crippen LogP contribution >= 0.6 is 0 Å². The smallest absolute Gasteiger partial charge is 0.313 e.